The fourth-order valence-electron chi connectivity index (χ4n) is 1.79. The van der Waals surface area contributed by atoms with Gasteiger partial charge in [-0.25, -0.2) is 8.78 Å². The van der Waals surface area contributed by atoms with E-state index in [1.807, 2.05) is 0 Å². The summed E-state index contributed by atoms with van der Waals surface area (Å²) >= 11 is 0. The lowest BCUT2D eigenvalue weighted by Gasteiger charge is -2.19. The van der Waals surface area contributed by atoms with Crippen LogP contribution in [0.1, 0.15) is 5.56 Å². The Morgan fingerprint density at radius 1 is 1.35 bits per heavy atom. The highest BCUT2D eigenvalue weighted by molar-refractivity contribution is 5.96. The number of hydrogen-bond acceptors (Lipinski definition) is 3. The second-order valence-corrected chi connectivity index (χ2v) is 4.30. The number of carbonyl (C=O) groups is 1. The minimum absolute atomic E-state index is 0.135. The number of carbonyl (C=O) groups excluding carboxylic acids is 1. The molecule has 1 heterocycles. The summed E-state index contributed by atoms with van der Waals surface area (Å²) in [6.45, 7) is 0. The van der Waals surface area contributed by atoms with Gasteiger partial charge in [0.2, 0.25) is 5.91 Å². The number of rotatable bonds is 3. The summed E-state index contributed by atoms with van der Waals surface area (Å²) in [5, 5.41) is 0. The Bertz CT molecular complexity index is 646. The summed E-state index contributed by atoms with van der Waals surface area (Å²) in [6, 6.07) is 4.72. The summed E-state index contributed by atoms with van der Waals surface area (Å²) in [5.41, 5.74) is 6.70. The molecule has 20 heavy (non-hydrogen) atoms. The largest absolute Gasteiger partial charge is 0.396 e. The SMILES string of the molecule is CN(C(=O)Cc1ccc(F)cc1F)c1ccncc1N. The highest BCUT2D eigenvalue weighted by Gasteiger charge is 2.16. The number of pyridine rings is 1. The molecule has 0 saturated heterocycles. The summed E-state index contributed by atoms with van der Waals surface area (Å²) in [5.74, 6) is -1.77. The van der Waals surface area contributed by atoms with E-state index in [1.165, 1.54) is 30.4 Å². The molecule has 0 aliphatic heterocycles. The number of nitrogens with two attached hydrogens (primary N) is 1. The molecule has 1 amide bonds. The number of anilines is 2. The van der Waals surface area contributed by atoms with Gasteiger partial charge in [0.15, 0.2) is 0 Å². The van der Waals surface area contributed by atoms with E-state index in [9.17, 15) is 13.6 Å². The molecule has 1 aromatic heterocycles. The Hall–Kier alpha value is -2.50. The molecule has 0 bridgehead atoms. The van der Waals surface area contributed by atoms with E-state index in [4.69, 9.17) is 5.73 Å². The molecule has 0 aliphatic rings. The number of nitrogen functional groups attached to an aromatic ring is 1. The Kier molecular flexibility index (Phi) is 3.93. The Balaban J connectivity index is 2.18. The maximum atomic E-state index is 13.5. The van der Waals surface area contributed by atoms with Crippen LogP contribution in [0.15, 0.2) is 36.7 Å². The quantitative estimate of drug-likeness (QED) is 0.935. The number of nitrogens with zero attached hydrogens (tertiary/aromatic N) is 2. The standard InChI is InChI=1S/C14H13F2N3O/c1-19(13-4-5-18-8-12(13)17)14(20)6-9-2-3-10(15)7-11(9)16/h2-5,7-8H,6,17H2,1H3. The predicted molar refractivity (Wildman–Crippen MR) is 72.1 cm³/mol. The van der Waals surface area contributed by atoms with Gasteiger partial charge < -0.3 is 10.6 Å². The maximum absolute atomic E-state index is 13.5. The summed E-state index contributed by atoms with van der Waals surface area (Å²) in [6.07, 6.45) is 2.76. The van der Waals surface area contributed by atoms with Crippen LogP contribution in [0.5, 0.6) is 0 Å². The molecule has 0 radical (unpaired) electrons. The Morgan fingerprint density at radius 2 is 2.10 bits per heavy atom. The molecule has 0 aliphatic carbocycles. The molecule has 0 unspecified atom stereocenters. The molecule has 0 fully saturated rings. The van der Waals surface area contributed by atoms with Crippen LogP contribution in [0.4, 0.5) is 20.2 Å². The van der Waals surface area contributed by atoms with Crippen LogP contribution in [0.25, 0.3) is 0 Å². The van der Waals surface area contributed by atoms with Gasteiger partial charge in [0, 0.05) is 19.3 Å². The third kappa shape index (κ3) is 2.90. The van der Waals surface area contributed by atoms with Crippen LogP contribution in [0, 0.1) is 11.6 Å². The number of benzene rings is 1. The van der Waals surface area contributed by atoms with Crippen LogP contribution in [0.3, 0.4) is 0 Å². The monoisotopic (exact) mass is 277 g/mol. The van der Waals surface area contributed by atoms with Crippen molar-refractivity contribution in [3.8, 4) is 0 Å². The van der Waals surface area contributed by atoms with Gasteiger partial charge in [-0.05, 0) is 17.7 Å². The van der Waals surface area contributed by atoms with E-state index in [0.29, 0.717) is 11.4 Å². The third-order valence-corrected chi connectivity index (χ3v) is 2.92. The normalized spacial score (nSPS) is 10.3. The average molecular weight is 277 g/mol. The van der Waals surface area contributed by atoms with Gasteiger partial charge in [0.25, 0.3) is 0 Å². The molecule has 2 aromatic rings. The maximum Gasteiger partial charge on any atom is 0.231 e. The van der Waals surface area contributed by atoms with Crippen LogP contribution in [0.2, 0.25) is 0 Å². The van der Waals surface area contributed by atoms with Crippen molar-refractivity contribution in [2.75, 3.05) is 17.7 Å². The second-order valence-electron chi connectivity index (χ2n) is 4.30. The van der Waals surface area contributed by atoms with E-state index < -0.39 is 11.6 Å². The molecule has 2 N–H and O–H groups in total. The molecular weight excluding hydrogens is 264 g/mol. The van der Waals surface area contributed by atoms with Crippen LogP contribution in [-0.2, 0) is 11.2 Å². The van der Waals surface area contributed by atoms with Gasteiger partial charge in [0.1, 0.15) is 11.6 Å². The Labute approximate surface area is 114 Å². The van der Waals surface area contributed by atoms with Gasteiger partial charge in [-0.3, -0.25) is 9.78 Å². The number of amides is 1. The average Bonchev–Trinajstić information content (AvgIpc) is 2.41. The van der Waals surface area contributed by atoms with Crippen molar-refractivity contribution in [2.24, 2.45) is 0 Å². The fraction of sp³-hybridized carbons (Fsp3) is 0.143. The first-order chi connectivity index (χ1) is 9.49. The van der Waals surface area contributed by atoms with Crippen molar-refractivity contribution >= 4 is 17.3 Å². The molecule has 1 aromatic carbocycles. The smallest absolute Gasteiger partial charge is 0.231 e. The summed E-state index contributed by atoms with van der Waals surface area (Å²) in [7, 11) is 1.54. The Morgan fingerprint density at radius 3 is 2.75 bits per heavy atom. The van der Waals surface area contributed by atoms with E-state index in [1.54, 1.807) is 6.07 Å². The highest BCUT2D eigenvalue weighted by atomic mass is 19.1. The van der Waals surface area contributed by atoms with E-state index >= 15 is 0 Å². The molecule has 0 atom stereocenters. The molecule has 2 rings (SSSR count). The van der Waals surface area contributed by atoms with Crippen LogP contribution in [-0.4, -0.2) is 17.9 Å². The van der Waals surface area contributed by atoms with Gasteiger partial charge in [0.05, 0.1) is 24.0 Å². The lowest BCUT2D eigenvalue weighted by molar-refractivity contribution is -0.117. The fourth-order valence-corrected chi connectivity index (χ4v) is 1.79. The lowest BCUT2D eigenvalue weighted by atomic mass is 10.1. The van der Waals surface area contributed by atoms with Crippen molar-refractivity contribution in [2.45, 2.75) is 6.42 Å². The minimum Gasteiger partial charge on any atom is -0.396 e. The molecule has 104 valence electrons. The van der Waals surface area contributed by atoms with Crippen molar-refractivity contribution in [1.29, 1.82) is 0 Å². The van der Waals surface area contributed by atoms with Gasteiger partial charge in [-0.2, -0.15) is 0 Å². The molecule has 6 heteroatoms. The second kappa shape index (κ2) is 5.64. The summed E-state index contributed by atoms with van der Waals surface area (Å²) < 4.78 is 26.3. The zero-order chi connectivity index (χ0) is 14.7. The number of likely N-dealkylation sites (N-methyl/N-ethyl adjacent to an activating group) is 1. The van der Waals surface area contributed by atoms with Crippen LogP contribution < -0.4 is 10.6 Å². The first-order valence-electron chi connectivity index (χ1n) is 5.89. The number of aromatic nitrogens is 1. The van der Waals surface area contributed by atoms with Crippen molar-refractivity contribution in [3.05, 3.63) is 53.9 Å². The zero-order valence-electron chi connectivity index (χ0n) is 10.8. The van der Waals surface area contributed by atoms with Crippen molar-refractivity contribution < 1.29 is 13.6 Å². The van der Waals surface area contributed by atoms with Crippen molar-refractivity contribution in [3.63, 3.8) is 0 Å². The highest BCUT2D eigenvalue weighted by Crippen LogP contribution is 2.21. The first kappa shape index (κ1) is 13.9. The van der Waals surface area contributed by atoms with Crippen molar-refractivity contribution in [1.82, 2.24) is 4.98 Å². The van der Waals surface area contributed by atoms with E-state index in [2.05, 4.69) is 4.98 Å². The predicted octanol–water partition coefficient (Wildman–Crippen LogP) is 2.15. The molecular formula is C14H13F2N3O. The van der Waals surface area contributed by atoms with Crippen LogP contribution >= 0.6 is 0 Å². The number of halogens is 2. The van der Waals surface area contributed by atoms with Gasteiger partial charge in [-0.15, -0.1) is 0 Å². The van der Waals surface area contributed by atoms with Gasteiger partial charge >= 0.3 is 0 Å². The minimum atomic E-state index is -0.741. The number of hydrogen-bond donors (Lipinski definition) is 1. The van der Waals surface area contributed by atoms with Gasteiger partial charge in [-0.1, -0.05) is 6.07 Å². The third-order valence-electron chi connectivity index (χ3n) is 2.92. The first-order valence-corrected chi connectivity index (χ1v) is 5.89. The molecule has 4 nitrogen and oxygen atoms in total. The lowest BCUT2D eigenvalue weighted by Crippen LogP contribution is -2.28. The molecule has 0 saturated carbocycles. The van der Waals surface area contributed by atoms with E-state index in [0.717, 1.165) is 12.1 Å². The van der Waals surface area contributed by atoms with E-state index in [-0.39, 0.29) is 17.9 Å². The summed E-state index contributed by atoms with van der Waals surface area (Å²) in [4.78, 5) is 17.2. The zero-order valence-corrected chi connectivity index (χ0v) is 10.8. The molecule has 0 spiro atoms. The topological polar surface area (TPSA) is 59.2 Å².